The van der Waals surface area contributed by atoms with Crippen LogP contribution >= 0.6 is 0 Å². The largest absolute Gasteiger partial charge is 0.388 e. The van der Waals surface area contributed by atoms with Gasteiger partial charge in [-0.1, -0.05) is 0 Å². The molecular weight excluding hydrogens is 232 g/mol. The lowest BCUT2D eigenvalue weighted by Crippen LogP contribution is -2.48. The van der Waals surface area contributed by atoms with E-state index in [0.29, 0.717) is 45.2 Å². The van der Waals surface area contributed by atoms with Crippen molar-refractivity contribution in [1.82, 2.24) is 9.80 Å². The Bertz CT molecular complexity index is 299. The summed E-state index contributed by atoms with van der Waals surface area (Å²) in [4.78, 5) is 15.7. The second kappa shape index (κ2) is 5.55. The maximum atomic E-state index is 12.0. The van der Waals surface area contributed by atoms with Crippen molar-refractivity contribution in [1.29, 1.82) is 0 Å². The first-order valence-electron chi connectivity index (χ1n) is 6.74. The molecule has 0 aromatic rings. The smallest absolute Gasteiger partial charge is 0.236 e. The van der Waals surface area contributed by atoms with Gasteiger partial charge in [-0.25, -0.2) is 0 Å². The topological polar surface area (TPSA) is 53.0 Å². The van der Waals surface area contributed by atoms with Gasteiger partial charge in [-0.2, -0.15) is 0 Å². The van der Waals surface area contributed by atoms with Crippen molar-refractivity contribution in [3.05, 3.63) is 0 Å². The number of hydrogen-bond acceptors (Lipinski definition) is 4. The summed E-state index contributed by atoms with van der Waals surface area (Å²) in [7, 11) is 3.77. The van der Waals surface area contributed by atoms with E-state index in [1.165, 1.54) is 0 Å². The number of carbonyl (C=O) groups excluding carboxylic acids is 1. The molecule has 0 aromatic carbocycles. The van der Waals surface area contributed by atoms with Gasteiger partial charge in [0.15, 0.2) is 0 Å². The van der Waals surface area contributed by atoms with Gasteiger partial charge in [0.05, 0.1) is 12.1 Å². The van der Waals surface area contributed by atoms with Crippen molar-refractivity contribution in [2.75, 3.05) is 40.4 Å². The molecule has 2 fully saturated rings. The van der Waals surface area contributed by atoms with E-state index in [9.17, 15) is 9.90 Å². The monoisotopic (exact) mass is 256 g/mol. The van der Waals surface area contributed by atoms with Gasteiger partial charge in [0.25, 0.3) is 0 Å². The zero-order chi connectivity index (χ0) is 13.2. The normalized spacial score (nSPS) is 23.1. The first-order valence-corrected chi connectivity index (χ1v) is 6.74. The van der Waals surface area contributed by atoms with Crippen LogP contribution < -0.4 is 0 Å². The Labute approximate surface area is 109 Å². The lowest BCUT2D eigenvalue weighted by molar-refractivity contribution is -0.132. The Morgan fingerprint density at radius 3 is 2.50 bits per heavy atom. The molecule has 0 bridgehead atoms. The number of carbonyl (C=O) groups is 1. The predicted octanol–water partition coefficient (Wildman–Crippen LogP) is 0.0805. The molecule has 5 nitrogen and oxygen atoms in total. The molecule has 1 heterocycles. The van der Waals surface area contributed by atoms with Crippen LogP contribution in [0.3, 0.4) is 0 Å². The minimum Gasteiger partial charge on any atom is -0.388 e. The zero-order valence-corrected chi connectivity index (χ0v) is 11.4. The number of rotatable bonds is 5. The van der Waals surface area contributed by atoms with Crippen LogP contribution in [0.4, 0.5) is 0 Å². The molecule has 0 spiro atoms. The number of likely N-dealkylation sites (N-methyl/N-ethyl adjacent to an activating group) is 2. The lowest BCUT2D eigenvalue weighted by atomic mass is 9.94. The second-order valence-corrected chi connectivity index (χ2v) is 5.74. The molecule has 1 aliphatic heterocycles. The van der Waals surface area contributed by atoms with Gasteiger partial charge in [0, 0.05) is 45.7 Å². The van der Waals surface area contributed by atoms with Crippen molar-refractivity contribution >= 4 is 5.91 Å². The maximum absolute atomic E-state index is 12.0. The number of ether oxygens (including phenoxy) is 1. The van der Waals surface area contributed by atoms with Crippen LogP contribution in [0, 0.1) is 0 Å². The third-order valence-electron chi connectivity index (χ3n) is 3.88. The molecule has 18 heavy (non-hydrogen) atoms. The number of aliphatic hydroxyl groups is 1. The fourth-order valence-corrected chi connectivity index (χ4v) is 2.48. The van der Waals surface area contributed by atoms with E-state index >= 15 is 0 Å². The molecule has 2 aliphatic rings. The Morgan fingerprint density at radius 2 is 1.94 bits per heavy atom. The average Bonchev–Trinajstić information content (AvgIpc) is 3.11. The van der Waals surface area contributed by atoms with E-state index in [1.54, 1.807) is 0 Å². The van der Waals surface area contributed by atoms with Gasteiger partial charge in [-0.05, 0) is 19.9 Å². The summed E-state index contributed by atoms with van der Waals surface area (Å²) >= 11 is 0. The molecule has 0 atom stereocenters. The molecular formula is C13H24N2O3. The van der Waals surface area contributed by atoms with E-state index in [2.05, 4.69) is 0 Å². The van der Waals surface area contributed by atoms with E-state index in [-0.39, 0.29) is 5.91 Å². The fraction of sp³-hybridized carbons (Fsp3) is 0.923. The standard InChI is InChI=1S/C13H24N2O3/c1-14(9-12(16)15(2)11-3-4-11)10-13(17)5-7-18-8-6-13/h11,17H,3-10H2,1-2H3. The number of hydrogen-bond donors (Lipinski definition) is 1. The Kier molecular flexibility index (Phi) is 4.25. The molecule has 0 radical (unpaired) electrons. The van der Waals surface area contributed by atoms with Crippen LogP contribution in [0.1, 0.15) is 25.7 Å². The van der Waals surface area contributed by atoms with Crippen LogP contribution in [0.25, 0.3) is 0 Å². The molecule has 1 N–H and O–H groups in total. The number of nitrogens with zero attached hydrogens (tertiary/aromatic N) is 2. The quantitative estimate of drug-likeness (QED) is 0.757. The summed E-state index contributed by atoms with van der Waals surface area (Å²) < 4.78 is 5.25. The summed E-state index contributed by atoms with van der Waals surface area (Å²) in [6.07, 6.45) is 3.58. The Balaban J connectivity index is 1.76. The highest BCUT2D eigenvalue weighted by atomic mass is 16.5. The van der Waals surface area contributed by atoms with Crippen LogP contribution in [-0.2, 0) is 9.53 Å². The van der Waals surface area contributed by atoms with Crippen LogP contribution in [0.2, 0.25) is 0 Å². The van der Waals surface area contributed by atoms with Gasteiger partial charge in [-0.15, -0.1) is 0 Å². The first-order chi connectivity index (χ1) is 8.50. The molecule has 1 amide bonds. The molecule has 1 aliphatic carbocycles. The van der Waals surface area contributed by atoms with E-state index < -0.39 is 5.60 Å². The fourth-order valence-electron chi connectivity index (χ4n) is 2.48. The summed E-state index contributed by atoms with van der Waals surface area (Å²) in [6.45, 7) is 2.15. The minimum atomic E-state index is -0.689. The highest BCUT2D eigenvalue weighted by Gasteiger charge is 2.33. The lowest BCUT2D eigenvalue weighted by Gasteiger charge is -2.35. The van der Waals surface area contributed by atoms with Gasteiger partial charge in [0.2, 0.25) is 5.91 Å². The molecule has 0 unspecified atom stereocenters. The third-order valence-corrected chi connectivity index (χ3v) is 3.88. The minimum absolute atomic E-state index is 0.149. The predicted molar refractivity (Wildman–Crippen MR) is 68.3 cm³/mol. The Morgan fingerprint density at radius 1 is 1.33 bits per heavy atom. The molecule has 5 heteroatoms. The Hall–Kier alpha value is -0.650. The SMILES string of the molecule is CN(CC(=O)N(C)C1CC1)CC1(O)CCOCC1. The van der Waals surface area contributed by atoms with Crippen molar-refractivity contribution in [2.24, 2.45) is 0 Å². The molecule has 0 aromatic heterocycles. The third kappa shape index (κ3) is 3.67. The van der Waals surface area contributed by atoms with Crippen molar-refractivity contribution in [3.63, 3.8) is 0 Å². The molecule has 1 saturated heterocycles. The van der Waals surface area contributed by atoms with E-state index in [1.807, 2.05) is 23.9 Å². The van der Waals surface area contributed by atoms with E-state index in [0.717, 1.165) is 12.8 Å². The maximum Gasteiger partial charge on any atom is 0.236 e. The van der Waals surface area contributed by atoms with Gasteiger partial charge < -0.3 is 14.7 Å². The molecule has 1 saturated carbocycles. The highest BCUT2D eigenvalue weighted by molar-refractivity contribution is 5.78. The van der Waals surface area contributed by atoms with Gasteiger partial charge in [0.1, 0.15) is 0 Å². The van der Waals surface area contributed by atoms with Gasteiger partial charge in [-0.3, -0.25) is 9.69 Å². The van der Waals surface area contributed by atoms with Crippen LogP contribution in [0.15, 0.2) is 0 Å². The summed E-state index contributed by atoms with van der Waals surface area (Å²) in [5.74, 6) is 0.149. The van der Waals surface area contributed by atoms with Crippen molar-refractivity contribution < 1.29 is 14.6 Å². The molecule has 2 rings (SSSR count). The summed E-state index contributed by atoms with van der Waals surface area (Å²) in [5.41, 5.74) is -0.689. The van der Waals surface area contributed by atoms with Crippen LogP contribution in [-0.4, -0.2) is 72.9 Å². The highest BCUT2D eigenvalue weighted by Crippen LogP contribution is 2.25. The van der Waals surface area contributed by atoms with Crippen LogP contribution in [0.5, 0.6) is 0 Å². The average molecular weight is 256 g/mol. The summed E-state index contributed by atoms with van der Waals surface area (Å²) in [5, 5.41) is 10.4. The van der Waals surface area contributed by atoms with Gasteiger partial charge >= 0.3 is 0 Å². The first kappa shape index (κ1) is 13.8. The second-order valence-electron chi connectivity index (χ2n) is 5.74. The zero-order valence-electron chi connectivity index (χ0n) is 11.4. The number of amides is 1. The van der Waals surface area contributed by atoms with Crippen molar-refractivity contribution in [3.8, 4) is 0 Å². The summed E-state index contributed by atoms with van der Waals surface area (Å²) in [6, 6.07) is 0.456. The van der Waals surface area contributed by atoms with E-state index in [4.69, 9.17) is 4.74 Å². The van der Waals surface area contributed by atoms with Crippen molar-refractivity contribution in [2.45, 2.75) is 37.3 Å². The molecule has 104 valence electrons.